The van der Waals surface area contributed by atoms with Crippen molar-refractivity contribution in [2.24, 2.45) is 5.10 Å². The molecular formula is C27H27N3O4. The lowest BCUT2D eigenvalue weighted by Gasteiger charge is -2.23. The normalized spacial score (nSPS) is 15.0. The van der Waals surface area contributed by atoms with Gasteiger partial charge < -0.3 is 14.4 Å². The van der Waals surface area contributed by atoms with Crippen molar-refractivity contribution in [3.8, 4) is 11.5 Å². The van der Waals surface area contributed by atoms with Crippen LogP contribution in [-0.2, 0) is 4.79 Å². The number of hydrazone groups is 1. The number of rotatable bonds is 8. The molecule has 0 spiro atoms. The van der Waals surface area contributed by atoms with Crippen molar-refractivity contribution in [1.82, 2.24) is 5.01 Å². The fourth-order valence-corrected chi connectivity index (χ4v) is 3.83. The predicted molar refractivity (Wildman–Crippen MR) is 132 cm³/mol. The maximum Gasteiger partial charge on any atom is 0.281 e. The molecule has 7 heteroatoms. The Morgan fingerprint density at radius 2 is 1.79 bits per heavy atom. The number of carbonyl (C=O) groups is 2. The highest BCUT2D eigenvalue weighted by atomic mass is 16.5. The zero-order chi connectivity index (χ0) is 24.1. The average molecular weight is 458 g/mol. The highest BCUT2D eigenvalue weighted by Crippen LogP contribution is 2.34. The Morgan fingerprint density at radius 1 is 1.06 bits per heavy atom. The topological polar surface area (TPSA) is 71.4 Å². The lowest BCUT2D eigenvalue weighted by molar-refractivity contribution is -0.135. The summed E-state index contributed by atoms with van der Waals surface area (Å²) >= 11 is 0. The molecule has 0 saturated carbocycles. The number of ether oxygens (including phenoxy) is 2. The minimum absolute atomic E-state index is 0.165. The zero-order valence-corrected chi connectivity index (χ0v) is 19.5. The molecule has 0 aliphatic carbocycles. The number of aldehydes is 1. The van der Waals surface area contributed by atoms with Crippen molar-refractivity contribution in [3.05, 3.63) is 89.5 Å². The quantitative estimate of drug-likeness (QED) is 0.471. The Bertz CT molecular complexity index is 1190. The molecule has 1 heterocycles. The first-order valence-corrected chi connectivity index (χ1v) is 11.0. The van der Waals surface area contributed by atoms with E-state index < -0.39 is 0 Å². The number of benzene rings is 3. The van der Waals surface area contributed by atoms with Gasteiger partial charge in [0.15, 0.2) is 6.61 Å². The van der Waals surface area contributed by atoms with Crippen molar-refractivity contribution in [2.45, 2.75) is 12.5 Å². The van der Waals surface area contributed by atoms with Crippen LogP contribution < -0.4 is 14.4 Å². The average Bonchev–Trinajstić information content (AvgIpc) is 3.33. The second kappa shape index (κ2) is 10.2. The summed E-state index contributed by atoms with van der Waals surface area (Å²) in [6, 6.07) is 22.2. The van der Waals surface area contributed by atoms with Crippen LogP contribution in [0.4, 0.5) is 5.69 Å². The van der Waals surface area contributed by atoms with Crippen LogP contribution in [-0.4, -0.2) is 50.7 Å². The first-order chi connectivity index (χ1) is 16.5. The maximum absolute atomic E-state index is 13.2. The van der Waals surface area contributed by atoms with Crippen molar-refractivity contribution in [2.75, 3.05) is 32.7 Å². The third kappa shape index (κ3) is 5.09. The van der Waals surface area contributed by atoms with Crippen molar-refractivity contribution < 1.29 is 19.1 Å². The summed E-state index contributed by atoms with van der Waals surface area (Å²) in [5.41, 5.74) is 4.35. The van der Waals surface area contributed by atoms with Gasteiger partial charge in [-0.05, 0) is 54.1 Å². The highest BCUT2D eigenvalue weighted by molar-refractivity contribution is 6.03. The molecule has 4 rings (SSSR count). The highest BCUT2D eigenvalue weighted by Gasteiger charge is 2.33. The molecule has 0 bridgehead atoms. The molecule has 1 unspecified atom stereocenters. The van der Waals surface area contributed by atoms with Crippen molar-refractivity contribution in [3.63, 3.8) is 0 Å². The van der Waals surface area contributed by atoms with Gasteiger partial charge in [-0.3, -0.25) is 9.59 Å². The third-order valence-corrected chi connectivity index (χ3v) is 5.74. The van der Waals surface area contributed by atoms with E-state index in [4.69, 9.17) is 14.6 Å². The number of anilines is 1. The third-order valence-electron chi connectivity index (χ3n) is 5.74. The summed E-state index contributed by atoms with van der Waals surface area (Å²) in [6.07, 6.45) is 1.34. The summed E-state index contributed by atoms with van der Waals surface area (Å²) < 4.78 is 11.0. The molecular weight excluding hydrogens is 430 g/mol. The molecule has 1 aliphatic rings. The fourth-order valence-electron chi connectivity index (χ4n) is 3.83. The van der Waals surface area contributed by atoms with Crippen LogP contribution in [0.3, 0.4) is 0 Å². The summed E-state index contributed by atoms with van der Waals surface area (Å²) in [6.45, 7) is -0.165. The van der Waals surface area contributed by atoms with E-state index in [1.54, 1.807) is 31.4 Å². The first-order valence-electron chi connectivity index (χ1n) is 11.0. The van der Waals surface area contributed by atoms with Crippen LogP contribution in [0.2, 0.25) is 0 Å². The van der Waals surface area contributed by atoms with Gasteiger partial charge in [0.1, 0.15) is 17.8 Å². The SMILES string of the molecule is COc1cccc(C2=NN(C(=O)COc3ccc(C=O)cc3)C(c3ccc(N(C)C)cc3)C2)c1. The van der Waals surface area contributed by atoms with E-state index in [9.17, 15) is 9.59 Å². The summed E-state index contributed by atoms with van der Waals surface area (Å²) in [7, 11) is 5.60. The molecule has 3 aromatic rings. The molecule has 1 atom stereocenters. The van der Waals surface area contributed by atoms with Gasteiger partial charge in [0.25, 0.3) is 5.91 Å². The van der Waals surface area contributed by atoms with Crippen LogP contribution in [0.1, 0.15) is 33.9 Å². The van der Waals surface area contributed by atoms with Gasteiger partial charge in [0.05, 0.1) is 18.9 Å². The Morgan fingerprint density at radius 3 is 2.44 bits per heavy atom. The van der Waals surface area contributed by atoms with E-state index in [0.717, 1.165) is 34.6 Å². The van der Waals surface area contributed by atoms with Gasteiger partial charge in [-0.25, -0.2) is 5.01 Å². The van der Waals surface area contributed by atoms with E-state index in [1.165, 1.54) is 5.01 Å². The summed E-state index contributed by atoms with van der Waals surface area (Å²) in [4.78, 5) is 26.1. The molecule has 3 aromatic carbocycles. The van der Waals surface area contributed by atoms with E-state index in [-0.39, 0.29) is 18.6 Å². The molecule has 0 saturated heterocycles. The largest absolute Gasteiger partial charge is 0.497 e. The minimum Gasteiger partial charge on any atom is -0.497 e. The molecule has 1 amide bonds. The Hall–Kier alpha value is -4.13. The van der Waals surface area contributed by atoms with E-state index >= 15 is 0 Å². The Balaban J connectivity index is 1.58. The van der Waals surface area contributed by atoms with Gasteiger partial charge in [-0.1, -0.05) is 24.3 Å². The van der Waals surface area contributed by atoms with Gasteiger partial charge in [0, 0.05) is 37.3 Å². The Kier molecular flexibility index (Phi) is 6.92. The number of carbonyl (C=O) groups excluding carboxylic acids is 2. The van der Waals surface area contributed by atoms with Crippen LogP contribution in [0.15, 0.2) is 77.9 Å². The number of nitrogens with zero attached hydrogens (tertiary/aromatic N) is 3. The molecule has 0 N–H and O–H groups in total. The van der Waals surface area contributed by atoms with Crippen molar-refractivity contribution >= 4 is 23.6 Å². The fraction of sp³-hybridized carbons (Fsp3) is 0.222. The van der Waals surface area contributed by atoms with Gasteiger partial charge in [-0.15, -0.1) is 0 Å². The Labute approximate surface area is 199 Å². The molecule has 0 fully saturated rings. The zero-order valence-electron chi connectivity index (χ0n) is 19.5. The number of amides is 1. The second-order valence-electron chi connectivity index (χ2n) is 8.20. The molecule has 1 aliphatic heterocycles. The van der Waals surface area contributed by atoms with Gasteiger partial charge in [-0.2, -0.15) is 5.10 Å². The molecule has 0 radical (unpaired) electrons. The van der Waals surface area contributed by atoms with E-state index in [0.29, 0.717) is 17.7 Å². The van der Waals surface area contributed by atoms with Crippen LogP contribution in [0.25, 0.3) is 0 Å². The van der Waals surface area contributed by atoms with Crippen LogP contribution in [0.5, 0.6) is 11.5 Å². The minimum atomic E-state index is -0.251. The standard InChI is InChI=1S/C27H27N3O4/c1-29(2)22-11-9-20(10-12-22)26-16-25(21-5-4-6-24(15-21)33-3)28-30(26)27(32)18-34-23-13-7-19(17-31)8-14-23/h4-15,17,26H,16,18H2,1-3H3. The van der Waals surface area contributed by atoms with E-state index in [1.807, 2.05) is 67.5 Å². The molecule has 174 valence electrons. The summed E-state index contributed by atoms with van der Waals surface area (Å²) in [5, 5.41) is 6.21. The van der Waals surface area contributed by atoms with Crippen LogP contribution >= 0.6 is 0 Å². The molecule has 34 heavy (non-hydrogen) atoms. The van der Waals surface area contributed by atoms with Gasteiger partial charge >= 0.3 is 0 Å². The van der Waals surface area contributed by atoms with Crippen LogP contribution in [0, 0.1) is 0 Å². The van der Waals surface area contributed by atoms with Crippen molar-refractivity contribution in [1.29, 1.82) is 0 Å². The number of hydrogen-bond acceptors (Lipinski definition) is 6. The lowest BCUT2D eigenvalue weighted by Crippen LogP contribution is -2.31. The van der Waals surface area contributed by atoms with Gasteiger partial charge in [0.2, 0.25) is 0 Å². The number of hydrogen-bond donors (Lipinski definition) is 0. The second-order valence-corrected chi connectivity index (χ2v) is 8.20. The number of methoxy groups -OCH3 is 1. The predicted octanol–water partition coefficient (Wildman–Crippen LogP) is 4.33. The molecule has 7 nitrogen and oxygen atoms in total. The first kappa shape index (κ1) is 23.0. The lowest BCUT2D eigenvalue weighted by atomic mass is 9.98. The smallest absolute Gasteiger partial charge is 0.281 e. The molecule has 0 aromatic heterocycles. The monoisotopic (exact) mass is 457 g/mol. The summed E-state index contributed by atoms with van der Waals surface area (Å²) in [5.74, 6) is 1.00. The maximum atomic E-state index is 13.2. The van der Waals surface area contributed by atoms with E-state index in [2.05, 4.69) is 0 Å².